The number of hydrogen-bond acceptors (Lipinski definition) is 7. The van der Waals surface area contributed by atoms with E-state index in [9.17, 15) is 13.2 Å². The summed E-state index contributed by atoms with van der Waals surface area (Å²) in [6.45, 7) is 0. The quantitative estimate of drug-likeness (QED) is 0.576. The van der Waals surface area contributed by atoms with Crippen molar-refractivity contribution in [3.63, 3.8) is 0 Å². The molecule has 1 amide bonds. The van der Waals surface area contributed by atoms with Gasteiger partial charge in [0.25, 0.3) is 15.9 Å². The molecule has 0 saturated heterocycles. The fourth-order valence-corrected chi connectivity index (χ4v) is 3.53. The number of nitrogens with one attached hydrogen (secondary N) is 1. The summed E-state index contributed by atoms with van der Waals surface area (Å²) in [7, 11) is 0.341. The van der Waals surface area contributed by atoms with Gasteiger partial charge in [-0.05, 0) is 48.5 Å². The van der Waals surface area contributed by atoms with Crippen molar-refractivity contribution in [3.8, 4) is 17.0 Å². The number of methoxy groups -OCH3 is 1. The zero-order valence-electron chi connectivity index (χ0n) is 16.6. The first-order valence-electron chi connectivity index (χ1n) is 8.76. The van der Waals surface area contributed by atoms with Crippen molar-refractivity contribution < 1.29 is 22.8 Å². The van der Waals surface area contributed by atoms with E-state index in [2.05, 4.69) is 15.3 Å². The van der Waals surface area contributed by atoms with Crippen LogP contribution in [0.1, 0.15) is 10.4 Å². The van der Waals surface area contributed by atoms with E-state index < -0.39 is 15.9 Å². The van der Waals surface area contributed by atoms with Gasteiger partial charge < -0.3 is 10.1 Å². The number of nitrogens with zero attached hydrogens (tertiary/aromatic N) is 3. The Labute approximate surface area is 174 Å². The van der Waals surface area contributed by atoms with Gasteiger partial charge in [-0.3, -0.25) is 9.63 Å². The number of hydrogen-bond donors (Lipinski definition) is 1. The molecule has 156 valence electrons. The van der Waals surface area contributed by atoms with Crippen LogP contribution in [0.2, 0.25) is 0 Å². The molecular weight excluding hydrogens is 408 g/mol. The van der Waals surface area contributed by atoms with Crippen LogP contribution in [0.5, 0.6) is 5.75 Å². The second-order valence-corrected chi connectivity index (χ2v) is 8.03. The summed E-state index contributed by atoms with van der Waals surface area (Å²) in [5.41, 5.74) is 1.75. The molecule has 0 aliphatic carbocycles. The van der Waals surface area contributed by atoms with E-state index >= 15 is 0 Å². The summed E-state index contributed by atoms with van der Waals surface area (Å²) in [4.78, 5) is 25.6. The van der Waals surface area contributed by atoms with Gasteiger partial charge >= 0.3 is 0 Å². The fourth-order valence-electron chi connectivity index (χ4n) is 2.56. The van der Waals surface area contributed by atoms with Crippen LogP contribution < -0.4 is 10.1 Å². The van der Waals surface area contributed by atoms with E-state index in [1.807, 2.05) is 24.3 Å². The van der Waals surface area contributed by atoms with Crippen molar-refractivity contribution in [1.29, 1.82) is 0 Å². The molecule has 0 fully saturated rings. The SMILES string of the molecule is COc1ccc(-c2cc(NC(=O)c3ccc(S(=O)(=O)N(C)OC)cc3)ncn2)cc1. The number of anilines is 1. The minimum atomic E-state index is -3.78. The molecule has 10 heteroatoms. The molecule has 0 spiro atoms. The molecule has 30 heavy (non-hydrogen) atoms. The molecule has 3 rings (SSSR count). The molecule has 1 heterocycles. The third kappa shape index (κ3) is 4.62. The number of sulfonamides is 1. The number of carbonyl (C=O) groups is 1. The summed E-state index contributed by atoms with van der Waals surface area (Å²) < 4.78 is 30.3. The highest BCUT2D eigenvalue weighted by molar-refractivity contribution is 7.89. The number of amides is 1. The predicted octanol–water partition coefficient (Wildman–Crippen LogP) is 2.59. The van der Waals surface area contributed by atoms with Crippen molar-refractivity contribution >= 4 is 21.7 Å². The lowest BCUT2D eigenvalue weighted by molar-refractivity contribution is -0.0258. The Bertz CT molecular complexity index is 1130. The Morgan fingerprint density at radius 1 is 1.00 bits per heavy atom. The zero-order valence-corrected chi connectivity index (χ0v) is 17.4. The van der Waals surface area contributed by atoms with E-state index in [1.54, 1.807) is 13.2 Å². The maximum Gasteiger partial charge on any atom is 0.264 e. The highest BCUT2D eigenvalue weighted by atomic mass is 32.2. The second kappa shape index (κ2) is 8.99. The van der Waals surface area contributed by atoms with Crippen molar-refractivity contribution in [3.05, 3.63) is 66.5 Å². The predicted molar refractivity (Wildman–Crippen MR) is 110 cm³/mol. The van der Waals surface area contributed by atoms with Gasteiger partial charge in [-0.2, -0.15) is 0 Å². The van der Waals surface area contributed by atoms with Gasteiger partial charge in [-0.1, -0.05) is 4.47 Å². The molecule has 3 aromatic rings. The van der Waals surface area contributed by atoms with Crippen LogP contribution in [0.25, 0.3) is 11.3 Å². The van der Waals surface area contributed by atoms with Crippen LogP contribution in [0.4, 0.5) is 5.82 Å². The molecule has 9 nitrogen and oxygen atoms in total. The van der Waals surface area contributed by atoms with Crippen LogP contribution >= 0.6 is 0 Å². The van der Waals surface area contributed by atoms with Crippen molar-refractivity contribution in [2.24, 2.45) is 0 Å². The van der Waals surface area contributed by atoms with E-state index in [4.69, 9.17) is 9.57 Å². The first kappa shape index (κ1) is 21.4. The molecule has 1 aromatic heterocycles. The largest absolute Gasteiger partial charge is 0.497 e. The third-order valence-electron chi connectivity index (χ3n) is 4.30. The number of hydroxylamine groups is 1. The number of aromatic nitrogens is 2. The van der Waals surface area contributed by atoms with E-state index in [1.165, 1.54) is 44.8 Å². The smallest absolute Gasteiger partial charge is 0.264 e. The van der Waals surface area contributed by atoms with Crippen LogP contribution in [0.15, 0.2) is 65.8 Å². The Hall–Kier alpha value is -3.34. The lowest BCUT2D eigenvalue weighted by atomic mass is 10.1. The van der Waals surface area contributed by atoms with Gasteiger partial charge in [0, 0.05) is 24.2 Å². The Balaban J connectivity index is 1.76. The summed E-state index contributed by atoms with van der Waals surface area (Å²) in [6.07, 6.45) is 1.35. The molecule has 0 bridgehead atoms. The minimum Gasteiger partial charge on any atom is -0.497 e. The third-order valence-corrected chi connectivity index (χ3v) is 6.00. The van der Waals surface area contributed by atoms with Crippen LogP contribution in [-0.4, -0.2) is 50.0 Å². The standard InChI is InChI=1S/C20H20N4O5S/c1-24(29-3)30(26,27)17-10-6-15(7-11-17)20(25)23-19-12-18(21-13-22-19)14-4-8-16(28-2)9-5-14/h4-13H,1-3H3,(H,21,22,23,25). The number of benzene rings is 2. The maximum atomic E-state index is 12.5. The lowest BCUT2D eigenvalue weighted by Gasteiger charge is -2.14. The van der Waals surface area contributed by atoms with Gasteiger partial charge in [0.05, 0.1) is 24.8 Å². The highest BCUT2D eigenvalue weighted by Crippen LogP contribution is 2.22. The number of carbonyl (C=O) groups excluding carboxylic acids is 1. The van der Waals surface area contributed by atoms with Crippen LogP contribution in [-0.2, 0) is 14.9 Å². The normalized spacial score (nSPS) is 11.3. The van der Waals surface area contributed by atoms with Crippen molar-refractivity contribution in [2.75, 3.05) is 26.6 Å². The lowest BCUT2D eigenvalue weighted by Crippen LogP contribution is -2.25. The summed E-state index contributed by atoms with van der Waals surface area (Å²) in [6, 6.07) is 14.5. The first-order chi connectivity index (χ1) is 14.3. The van der Waals surface area contributed by atoms with Gasteiger partial charge in [0.2, 0.25) is 0 Å². The Morgan fingerprint density at radius 2 is 1.67 bits per heavy atom. The molecule has 0 unspecified atom stereocenters. The van der Waals surface area contributed by atoms with Gasteiger partial charge in [-0.25, -0.2) is 18.4 Å². The molecular formula is C20H20N4O5S. The average Bonchev–Trinajstić information content (AvgIpc) is 2.78. The van der Waals surface area contributed by atoms with Gasteiger partial charge in [0.15, 0.2) is 0 Å². The van der Waals surface area contributed by atoms with Gasteiger partial charge in [0.1, 0.15) is 17.9 Å². The highest BCUT2D eigenvalue weighted by Gasteiger charge is 2.21. The summed E-state index contributed by atoms with van der Waals surface area (Å²) in [5.74, 6) is 0.610. The zero-order chi connectivity index (χ0) is 21.7. The topological polar surface area (TPSA) is 111 Å². The maximum absolute atomic E-state index is 12.5. The molecule has 0 saturated carbocycles. The van der Waals surface area contributed by atoms with Crippen molar-refractivity contribution in [1.82, 2.24) is 14.4 Å². The fraction of sp³-hybridized carbons (Fsp3) is 0.150. The molecule has 1 N–H and O–H groups in total. The van der Waals surface area contributed by atoms with Crippen LogP contribution in [0.3, 0.4) is 0 Å². The summed E-state index contributed by atoms with van der Waals surface area (Å²) in [5, 5.41) is 2.68. The molecule has 0 atom stereocenters. The second-order valence-electron chi connectivity index (χ2n) is 6.09. The van der Waals surface area contributed by atoms with E-state index in [0.717, 1.165) is 15.8 Å². The van der Waals surface area contributed by atoms with Crippen LogP contribution in [0, 0.1) is 0 Å². The number of rotatable bonds is 7. The first-order valence-corrected chi connectivity index (χ1v) is 10.2. The molecule has 0 radical (unpaired) electrons. The van der Waals surface area contributed by atoms with Gasteiger partial charge in [-0.15, -0.1) is 0 Å². The minimum absolute atomic E-state index is 0.00669. The van der Waals surface area contributed by atoms with E-state index in [-0.39, 0.29) is 10.5 Å². The Kier molecular flexibility index (Phi) is 6.40. The summed E-state index contributed by atoms with van der Waals surface area (Å²) >= 11 is 0. The molecule has 0 aliphatic rings. The number of ether oxygens (including phenoxy) is 1. The van der Waals surface area contributed by atoms with Crippen molar-refractivity contribution in [2.45, 2.75) is 4.90 Å². The molecule has 2 aromatic carbocycles. The monoisotopic (exact) mass is 428 g/mol. The Morgan fingerprint density at radius 3 is 2.27 bits per heavy atom. The average molecular weight is 428 g/mol. The molecule has 0 aliphatic heterocycles. The van der Waals surface area contributed by atoms with E-state index in [0.29, 0.717) is 11.5 Å².